The number of hydrogen-bond donors (Lipinski definition) is 0. The molecular weight excluding hydrogens is 862 g/mol. The molecule has 2 aromatic heterocycles. The fourth-order valence-corrected chi connectivity index (χ4v) is 17.0. The Kier molecular flexibility index (Phi) is 13.4. The summed E-state index contributed by atoms with van der Waals surface area (Å²) >= 11 is 0. The highest BCUT2D eigenvalue weighted by atomic mass is 28.3. The average molecular weight is 929 g/mol. The van der Waals surface area contributed by atoms with Gasteiger partial charge in [0.25, 0.3) is 0 Å². The molecule has 8 rings (SSSR count). The minimum atomic E-state index is -2.34. The number of anilines is 1. The number of rotatable bonds is 12. The molecular formula is C51H67F3N6O5Si. The standard InChI is InChI=1S/C51H67F3N6O5Si/c1-12-41-43-46(44(54)45(55-41)39-23-37(64-29-62-11)22-33-14-17-40(53)38(42(33)39)18-21-66(30(2)3,31(4)5)32(6)7)56-48(63-28-51-19-13-20-59(51)25-34(52)24-51)57-47(43)58-26-35-15-16-36(27-58)60(35)49(61)65-50(8,9)10/h14,17,22-23,30-32,34-36H,12-13,15-16,19-20,24-29H2,1-11H3/t34-,35-,36+,51+/m1/s1. The molecule has 4 atom stereocenters. The van der Waals surface area contributed by atoms with Gasteiger partial charge in [0.15, 0.2) is 12.6 Å². The average Bonchev–Trinajstić information content (AvgIpc) is 3.88. The fraction of sp³-hybridized carbons (Fsp3) is 0.608. The smallest absolute Gasteiger partial charge is 0.410 e. The maximum absolute atomic E-state index is 18.2. The van der Waals surface area contributed by atoms with E-state index in [1.807, 2.05) is 32.6 Å². The number of methoxy groups -OCH3 is 1. The summed E-state index contributed by atoms with van der Waals surface area (Å²) in [6, 6.07) is 6.16. The Hall–Kier alpha value is -4.65. The number of carbonyl (C=O) groups is 1. The molecule has 15 heteroatoms. The third-order valence-corrected chi connectivity index (χ3v) is 21.0. The lowest BCUT2D eigenvalue weighted by Gasteiger charge is -2.42. The molecule has 0 saturated carbocycles. The molecule has 4 saturated heterocycles. The van der Waals surface area contributed by atoms with Gasteiger partial charge in [-0.3, -0.25) is 9.80 Å². The minimum Gasteiger partial charge on any atom is -0.468 e. The lowest BCUT2D eigenvalue weighted by Crippen LogP contribution is -2.57. The Morgan fingerprint density at radius 3 is 2.29 bits per heavy atom. The van der Waals surface area contributed by atoms with E-state index in [4.69, 9.17) is 33.9 Å². The molecule has 4 aromatic rings. The topological polar surface area (TPSA) is 102 Å². The van der Waals surface area contributed by atoms with Crippen LogP contribution in [0.15, 0.2) is 24.3 Å². The van der Waals surface area contributed by atoms with Gasteiger partial charge in [-0.05, 0) is 99.6 Å². The number of carbonyl (C=O) groups excluding carboxylic acids is 1. The summed E-state index contributed by atoms with van der Waals surface area (Å²) in [5, 5.41) is 1.45. The zero-order chi connectivity index (χ0) is 47.5. The largest absolute Gasteiger partial charge is 0.468 e. The molecule has 0 radical (unpaired) electrons. The van der Waals surface area contributed by atoms with Gasteiger partial charge < -0.3 is 23.8 Å². The van der Waals surface area contributed by atoms with Crippen molar-refractivity contribution in [3.63, 3.8) is 0 Å². The van der Waals surface area contributed by atoms with Crippen LogP contribution < -0.4 is 14.4 Å². The van der Waals surface area contributed by atoms with E-state index in [-0.39, 0.29) is 54.4 Å². The maximum Gasteiger partial charge on any atom is 0.410 e. The molecule has 0 aliphatic carbocycles. The van der Waals surface area contributed by atoms with Crippen molar-refractivity contribution in [2.45, 2.75) is 154 Å². The second-order valence-corrected chi connectivity index (χ2v) is 26.4. The van der Waals surface area contributed by atoms with Crippen molar-refractivity contribution in [3.05, 3.63) is 47.2 Å². The third-order valence-electron chi connectivity index (χ3n) is 14.7. The highest BCUT2D eigenvalue weighted by Gasteiger charge is 2.50. The molecule has 2 bridgehead atoms. The summed E-state index contributed by atoms with van der Waals surface area (Å²) in [4.78, 5) is 34.6. The van der Waals surface area contributed by atoms with E-state index in [1.54, 1.807) is 18.2 Å². The van der Waals surface area contributed by atoms with Gasteiger partial charge in [-0.2, -0.15) is 9.97 Å². The Balaban J connectivity index is 1.33. The van der Waals surface area contributed by atoms with Crippen molar-refractivity contribution < 1.29 is 36.9 Å². The third kappa shape index (κ3) is 8.70. The van der Waals surface area contributed by atoms with Gasteiger partial charge in [0, 0.05) is 44.1 Å². The molecule has 356 valence electrons. The minimum absolute atomic E-state index is 0.000541. The van der Waals surface area contributed by atoms with Crippen molar-refractivity contribution in [2.24, 2.45) is 0 Å². The van der Waals surface area contributed by atoms with Crippen molar-refractivity contribution in [3.8, 4) is 34.5 Å². The molecule has 1 amide bonds. The van der Waals surface area contributed by atoms with E-state index < -0.39 is 37.0 Å². The molecule has 4 aliphatic heterocycles. The number of ether oxygens (including phenoxy) is 4. The molecule has 2 aromatic carbocycles. The molecule has 66 heavy (non-hydrogen) atoms. The van der Waals surface area contributed by atoms with Gasteiger partial charge in [0.2, 0.25) is 0 Å². The first-order valence-corrected chi connectivity index (χ1v) is 26.1. The highest BCUT2D eigenvalue weighted by molar-refractivity contribution is 6.90. The molecule has 4 aliphatic rings. The molecule has 4 fully saturated rings. The summed E-state index contributed by atoms with van der Waals surface area (Å²) in [5.74, 6) is 2.95. The van der Waals surface area contributed by atoms with Crippen LogP contribution in [0.5, 0.6) is 11.8 Å². The van der Waals surface area contributed by atoms with Crippen molar-refractivity contribution in [2.75, 3.05) is 51.6 Å². The Morgan fingerprint density at radius 1 is 0.955 bits per heavy atom. The first-order valence-electron chi connectivity index (χ1n) is 23.9. The molecule has 0 unspecified atom stereocenters. The Morgan fingerprint density at radius 2 is 1.65 bits per heavy atom. The normalized spacial score (nSPS) is 22.2. The van der Waals surface area contributed by atoms with Crippen LogP contribution in [-0.4, -0.2) is 115 Å². The van der Waals surface area contributed by atoms with E-state index >= 15 is 8.78 Å². The van der Waals surface area contributed by atoms with E-state index in [0.717, 1.165) is 32.2 Å². The van der Waals surface area contributed by atoms with Crippen LogP contribution in [0.3, 0.4) is 0 Å². The monoisotopic (exact) mass is 928 g/mol. The van der Waals surface area contributed by atoms with E-state index in [0.29, 0.717) is 88.1 Å². The second-order valence-electron chi connectivity index (χ2n) is 20.9. The zero-order valence-corrected chi connectivity index (χ0v) is 41.6. The number of hydrogen-bond acceptors (Lipinski definition) is 10. The molecule has 0 spiro atoms. The zero-order valence-electron chi connectivity index (χ0n) is 40.6. The number of amides is 1. The number of benzene rings is 2. The molecule has 11 nitrogen and oxygen atoms in total. The van der Waals surface area contributed by atoms with Gasteiger partial charge in [-0.15, -0.1) is 5.54 Å². The maximum atomic E-state index is 18.2. The first-order chi connectivity index (χ1) is 31.3. The molecule has 6 heterocycles. The second kappa shape index (κ2) is 18.4. The van der Waals surface area contributed by atoms with E-state index in [1.165, 1.54) is 13.2 Å². The van der Waals surface area contributed by atoms with Gasteiger partial charge in [0.05, 0.1) is 34.3 Å². The van der Waals surface area contributed by atoms with Crippen LogP contribution in [0.25, 0.3) is 32.9 Å². The van der Waals surface area contributed by atoms with Crippen LogP contribution in [0, 0.1) is 23.1 Å². The summed E-state index contributed by atoms with van der Waals surface area (Å²) in [5.41, 5.74) is 4.41. The highest BCUT2D eigenvalue weighted by Crippen LogP contribution is 2.45. The fourth-order valence-electron chi connectivity index (χ4n) is 11.8. The van der Waals surface area contributed by atoms with Gasteiger partial charge in [-0.25, -0.2) is 22.9 Å². The summed E-state index contributed by atoms with van der Waals surface area (Å²) in [7, 11) is -0.824. The number of nitrogens with zero attached hydrogens (tertiary/aromatic N) is 6. The van der Waals surface area contributed by atoms with Crippen LogP contribution in [-0.2, 0) is 15.9 Å². The van der Waals surface area contributed by atoms with Gasteiger partial charge in [-0.1, -0.05) is 60.5 Å². The Labute approximate surface area is 389 Å². The van der Waals surface area contributed by atoms with Crippen LogP contribution in [0.2, 0.25) is 16.6 Å². The number of piperazine rings is 1. The number of halogens is 3. The van der Waals surface area contributed by atoms with Crippen LogP contribution in [0.4, 0.5) is 23.8 Å². The van der Waals surface area contributed by atoms with Crippen molar-refractivity contribution in [1.82, 2.24) is 24.8 Å². The van der Waals surface area contributed by atoms with Crippen molar-refractivity contribution >= 4 is 41.7 Å². The lowest BCUT2D eigenvalue weighted by atomic mass is 9.95. The number of pyridine rings is 1. The molecule has 0 N–H and O–H groups in total. The van der Waals surface area contributed by atoms with Gasteiger partial charge >= 0.3 is 12.1 Å². The predicted molar refractivity (Wildman–Crippen MR) is 256 cm³/mol. The summed E-state index contributed by atoms with van der Waals surface area (Å²) in [6.07, 6.45) is 2.67. The number of fused-ring (bicyclic) bond motifs is 5. The summed E-state index contributed by atoms with van der Waals surface area (Å²) in [6.45, 7) is 22.8. The van der Waals surface area contributed by atoms with Gasteiger partial charge in [0.1, 0.15) is 55.0 Å². The Bertz CT molecular complexity index is 2520. The van der Waals surface area contributed by atoms with E-state index in [2.05, 4.69) is 62.8 Å². The van der Waals surface area contributed by atoms with Crippen LogP contribution >= 0.6 is 0 Å². The van der Waals surface area contributed by atoms with Crippen LogP contribution in [0.1, 0.15) is 113 Å². The SMILES string of the molecule is CCc1nc(-c2cc(OCOC)cc3ccc(F)c(C#C[Si](C(C)C)(C(C)C)C(C)C)c23)c(F)c2nc(OC[C@@]34CCCN3C[C@H](F)C4)nc(N3C[C@H]4CC[C@@H](C3)N4C(=O)OC(C)(C)C)c12. The van der Waals surface area contributed by atoms with Crippen molar-refractivity contribution in [1.29, 1.82) is 0 Å². The predicted octanol–water partition coefficient (Wildman–Crippen LogP) is 10.8. The first kappa shape index (κ1) is 47.8. The number of alkyl halides is 1. The number of aromatic nitrogens is 3. The van der Waals surface area contributed by atoms with E-state index in [9.17, 15) is 9.18 Å². The number of aryl methyl sites for hydroxylation is 1. The summed E-state index contributed by atoms with van der Waals surface area (Å²) < 4.78 is 73.2. The lowest BCUT2D eigenvalue weighted by molar-refractivity contribution is 0.0122. The quantitative estimate of drug-likeness (QED) is 0.0775.